The van der Waals surface area contributed by atoms with Crippen LogP contribution in [0.1, 0.15) is 20.8 Å². The molecule has 1 rings (SSSR count). The van der Waals surface area contributed by atoms with E-state index in [1.165, 1.54) is 12.1 Å². The summed E-state index contributed by atoms with van der Waals surface area (Å²) in [5.41, 5.74) is -0.0513. The molecule has 0 aromatic carbocycles. The monoisotopic (exact) mass is 269 g/mol. The molecule has 1 N–H and O–H groups in total. The van der Waals surface area contributed by atoms with Crippen molar-refractivity contribution in [2.75, 3.05) is 25.1 Å². The summed E-state index contributed by atoms with van der Waals surface area (Å²) in [4.78, 5) is 14.5. The van der Waals surface area contributed by atoms with Crippen LogP contribution in [-0.2, 0) is 4.74 Å². The minimum Gasteiger partial charge on any atom is -0.472 e. The molecule has 1 atom stereocenters. The van der Waals surface area contributed by atoms with Gasteiger partial charge in [0.15, 0.2) is 0 Å². The van der Waals surface area contributed by atoms with Gasteiger partial charge in [0.1, 0.15) is 11.9 Å². The summed E-state index contributed by atoms with van der Waals surface area (Å²) in [6.07, 6.45) is -0.219. The van der Waals surface area contributed by atoms with Crippen molar-refractivity contribution in [3.63, 3.8) is 0 Å². The van der Waals surface area contributed by atoms with Crippen molar-refractivity contribution in [2.24, 2.45) is 0 Å². The summed E-state index contributed by atoms with van der Waals surface area (Å²) in [5.74, 6) is 0.646. The van der Waals surface area contributed by atoms with Crippen LogP contribution in [0.15, 0.2) is 12.1 Å². The van der Waals surface area contributed by atoms with E-state index < -0.39 is 4.92 Å². The fourth-order valence-corrected chi connectivity index (χ4v) is 1.45. The number of hydrogen-bond donors (Lipinski definition) is 1. The van der Waals surface area contributed by atoms with E-state index in [4.69, 9.17) is 9.47 Å². The van der Waals surface area contributed by atoms with E-state index in [2.05, 4.69) is 10.3 Å². The van der Waals surface area contributed by atoms with E-state index in [0.717, 1.165) is 0 Å². The van der Waals surface area contributed by atoms with Gasteiger partial charge in [0, 0.05) is 13.2 Å². The van der Waals surface area contributed by atoms with E-state index >= 15 is 0 Å². The van der Waals surface area contributed by atoms with Crippen molar-refractivity contribution < 1.29 is 14.4 Å². The second kappa shape index (κ2) is 7.52. The summed E-state index contributed by atoms with van der Waals surface area (Å²) in [6.45, 7) is 7.24. The molecule has 0 fully saturated rings. The Bertz CT molecular complexity index is 425. The third kappa shape index (κ3) is 5.09. The zero-order chi connectivity index (χ0) is 14.3. The van der Waals surface area contributed by atoms with Crippen molar-refractivity contribution in [1.29, 1.82) is 0 Å². The lowest BCUT2D eigenvalue weighted by Gasteiger charge is -2.14. The number of nitrogens with zero attached hydrogens (tertiary/aromatic N) is 2. The van der Waals surface area contributed by atoms with Gasteiger partial charge in [-0.3, -0.25) is 10.1 Å². The van der Waals surface area contributed by atoms with Gasteiger partial charge in [-0.05, 0) is 20.8 Å². The molecule has 0 aliphatic rings. The molecule has 1 aromatic heterocycles. The van der Waals surface area contributed by atoms with Crippen molar-refractivity contribution in [2.45, 2.75) is 26.9 Å². The second-order valence-electron chi connectivity index (χ2n) is 3.92. The van der Waals surface area contributed by atoms with Crippen molar-refractivity contribution in [3.8, 4) is 5.88 Å². The first-order valence-electron chi connectivity index (χ1n) is 6.21. The maximum atomic E-state index is 10.8. The number of ether oxygens (including phenoxy) is 2. The van der Waals surface area contributed by atoms with Gasteiger partial charge in [-0.2, -0.15) is 4.98 Å². The van der Waals surface area contributed by atoms with E-state index in [1.807, 2.05) is 20.8 Å². The minimum absolute atomic E-state index is 0.0513. The van der Waals surface area contributed by atoms with Gasteiger partial charge in [0.05, 0.1) is 23.7 Å². The Morgan fingerprint density at radius 2 is 2.21 bits per heavy atom. The zero-order valence-corrected chi connectivity index (χ0v) is 11.4. The molecule has 106 valence electrons. The lowest BCUT2D eigenvalue weighted by molar-refractivity contribution is -0.384. The zero-order valence-electron chi connectivity index (χ0n) is 11.4. The number of hydrogen-bond acceptors (Lipinski definition) is 6. The van der Waals surface area contributed by atoms with Gasteiger partial charge in [-0.1, -0.05) is 0 Å². The Morgan fingerprint density at radius 3 is 2.79 bits per heavy atom. The summed E-state index contributed by atoms with van der Waals surface area (Å²) >= 11 is 0. The van der Waals surface area contributed by atoms with Crippen LogP contribution in [0.3, 0.4) is 0 Å². The van der Waals surface area contributed by atoms with Gasteiger partial charge >= 0.3 is 0 Å². The third-order valence-corrected chi connectivity index (χ3v) is 2.23. The fourth-order valence-electron chi connectivity index (χ4n) is 1.45. The van der Waals surface area contributed by atoms with Gasteiger partial charge < -0.3 is 14.8 Å². The first-order valence-corrected chi connectivity index (χ1v) is 6.21. The average molecular weight is 269 g/mol. The van der Waals surface area contributed by atoms with Crippen molar-refractivity contribution in [3.05, 3.63) is 22.2 Å². The van der Waals surface area contributed by atoms with Gasteiger partial charge in [0.2, 0.25) is 5.88 Å². The fraction of sp³-hybridized carbons (Fsp3) is 0.583. The Labute approximate surface area is 112 Å². The van der Waals surface area contributed by atoms with Crippen LogP contribution in [0.2, 0.25) is 0 Å². The predicted molar refractivity (Wildman–Crippen MR) is 71.6 cm³/mol. The largest absolute Gasteiger partial charge is 0.472 e. The second-order valence-corrected chi connectivity index (χ2v) is 3.92. The quantitative estimate of drug-likeness (QED) is 0.575. The van der Waals surface area contributed by atoms with Crippen LogP contribution in [0.5, 0.6) is 5.88 Å². The smallest absolute Gasteiger partial charge is 0.278 e. The SMILES string of the molecule is CCNc1cc([N+](=O)[O-])cc(OC(C)COCC)n1. The molecule has 0 saturated heterocycles. The molecular formula is C12H19N3O4. The highest BCUT2D eigenvalue weighted by Crippen LogP contribution is 2.22. The number of aromatic nitrogens is 1. The van der Waals surface area contributed by atoms with Crippen LogP contribution in [-0.4, -0.2) is 35.8 Å². The van der Waals surface area contributed by atoms with Gasteiger partial charge in [-0.25, -0.2) is 0 Å². The van der Waals surface area contributed by atoms with Gasteiger partial charge in [-0.15, -0.1) is 0 Å². The molecule has 0 saturated carbocycles. The molecule has 19 heavy (non-hydrogen) atoms. The maximum Gasteiger partial charge on any atom is 0.278 e. The maximum absolute atomic E-state index is 10.8. The van der Waals surface area contributed by atoms with Crippen LogP contribution >= 0.6 is 0 Å². The standard InChI is InChI=1S/C12H19N3O4/c1-4-13-11-6-10(15(16)17)7-12(14-11)19-9(3)8-18-5-2/h6-7,9H,4-5,8H2,1-3H3,(H,13,14). The predicted octanol–water partition coefficient (Wildman–Crippen LogP) is 2.23. The lowest BCUT2D eigenvalue weighted by atomic mass is 10.3. The van der Waals surface area contributed by atoms with Crippen LogP contribution in [0.4, 0.5) is 11.5 Å². The highest BCUT2D eigenvalue weighted by Gasteiger charge is 2.14. The van der Waals surface area contributed by atoms with E-state index in [-0.39, 0.29) is 17.7 Å². The van der Waals surface area contributed by atoms with E-state index in [9.17, 15) is 10.1 Å². The highest BCUT2D eigenvalue weighted by atomic mass is 16.6. The minimum atomic E-state index is -0.470. The van der Waals surface area contributed by atoms with E-state index in [1.54, 1.807) is 0 Å². The molecule has 0 aliphatic carbocycles. The molecule has 1 heterocycles. The summed E-state index contributed by atoms with van der Waals surface area (Å²) in [5, 5.41) is 13.8. The molecule has 7 heteroatoms. The lowest BCUT2D eigenvalue weighted by Crippen LogP contribution is -2.20. The molecular weight excluding hydrogens is 250 g/mol. The number of anilines is 1. The molecule has 0 aliphatic heterocycles. The van der Waals surface area contributed by atoms with Gasteiger partial charge in [0.25, 0.3) is 5.69 Å². The highest BCUT2D eigenvalue weighted by molar-refractivity contribution is 5.48. The number of nitrogens with one attached hydrogen (secondary N) is 1. The third-order valence-electron chi connectivity index (χ3n) is 2.23. The molecule has 0 spiro atoms. The number of rotatable bonds is 8. The first-order chi connectivity index (χ1) is 9.06. The molecule has 0 amide bonds. The Hall–Kier alpha value is -1.89. The van der Waals surface area contributed by atoms with Crippen LogP contribution in [0.25, 0.3) is 0 Å². The first kappa shape index (κ1) is 15.2. The Kier molecular flexibility index (Phi) is 6.01. The normalized spacial score (nSPS) is 11.9. The summed E-state index contributed by atoms with van der Waals surface area (Å²) < 4.78 is 10.7. The van der Waals surface area contributed by atoms with Crippen LogP contribution in [0, 0.1) is 10.1 Å². The van der Waals surface area contributed by atoms with Crippen LogP contribution < -0.4 is 10.1 Å². The topological polar surface area (TPSA) is 86.5 Å². The Morgan fingerprint density at radius 1 is 1.47 bits per heavy atom. The molecule has 0 bridgehead atoms. The van der Waals surface area contributed by atoms with E-state index in [0.29, 0.717) is 25.6 Å². The summed E-state index contributed by atoms with van der Waals surface area (Å²) in [7, 11) is 0. The van der Waals surface area contributed by atoms with Crippen molar-refractivity contribution in [1.82, 2.24) is 4.98 Å². The Balaban J connectivity index is 2.83. The molecule has 7 nitrogen and oxygen atoms in total. The number of pyridine rings is 1. The average Bonchev–Trinajstić information content (AvgIpc) is 2.36. The molecule has 1 aromatic rings. The molecule has 0 radical (unpaired) electrons. The molecule has 1 unspecified atom stereocenters. The summed E-state index contributed by atoms with van der Waals surface area (Å²) in [6, 6.07) is 2.69. The number of nitro groups is 1. The van der Waals surface area contributed by atoms with Crippen molar-refractivity contribution >= 4 is 11.5 Å².